The van der Waals surface area contributed by atoms with Gasteiger partial charge < -0.3 is 0 Å². The molecule has 0 atom stereocenters. The van der Waals surface area contributed by atoms with Gasteiger partial charge in [0.15, 0.2) is 0 Å². The van der Waals surface area contributed by atoms with Gasteiger partial charge >= 0.3 is 0 Å². The summed E-state index contributed by atoms with van der Waals surface area (Å²) in [6, 6.07) is 8.76. The Balaban J connectivity index is 2.65. The maximum Gasteiger partial charge on any atom is 0.0738 e. The fraction of sp³-hybridized carbons (Fsp3) is 0.400. The summed E-state index contributed by atoms with van der Waals surface area (Å²) in [5, 5.41) is 0. The van der Waals surface area contributed by atoms with Crippen molar-refractivity contribution >= 4 is 31.9 Å². The molecule has 2 heteroatoms. The molecule has 0 spiro atoms. The molecule has 0 heterocycles. The molecule has 66 valence electrons. The Morgan fingerprint density at radius 1 is 1.08 bits per heavy atom. The number of rotatable bonds is 3. The predicted octanol–water partition coefficient (Wildman–Crippen LogP) is 3.91. The molecular formula is C10H12Br2. The van der Waals surface area contributed by atoms with Crippen LogP contribution in [0.1, 0.15) is 18.1 Å². The van der Waals surface area contributed by atoms with Gasteiger partial charge in [0.05, 0.1) is 3.74 Å². The molecule has 1 rings (SSSR count). The minimum atomic E-state index is 0.387. The number of alkyl halides is 2. The first kappa shape index (κ1) is 10.3. The molecular weight excluding hydrogens is 280 g/mol. The number of aryl methyl sites for hydroxylation is 1. The summed E-state index contributed by atoms with van der Waals surface area (Å²) in [6.45, 7) is 2.17. The van der Waals surface area contributed by atoms with E-state index in [1.165, 1.54) is 11.1 Å². The third kappa shape index (κ3) is 3.28. The maximum atomic E-state index is 3.46. The topological polar surface area (TPSA) is 0 Å². The summed E-state index contributed by atoms with van der Waals surface area (Å²) in [5.74, 6) is 0. The average molecular weight is 292 g/mol. The second-order valence-electron chi connectivity index (χ2n) is 2.77. The van der Waals surface area contributed by atoms with Gasteiger partial charge in [0.1, 0.15) is 0 Å². The molecule has 1 aromatic carbocycles. The molecule has 0 N–H and O–H groups in total. The van der Waals surface area contributed by atoms with Crippen molar-refractivity contribution in [3.05, 3.63) is 35.4 Å². The highest BCUT2D eigenvalue weighted by molar-refractivity contribution is 9.24. The van der Waals surface area contributed by atoms with Gasteiger partial charge in [-0.15, -0.1) is 0 Å². The quantitative estimate of drug-likeness (QED) is 0.741. The highest BCUT2D eigenvalue weighted by Crippen LogP contribution is 2.15. The van der Waals surface area contributed by atoms with E-state index < -0.39 is 0 Å². The molecule has 0 saturated heterocycles. The highest BCUT2D eigenvalue weighted by atomic mass is 79.9. The molecule has 0 radical (unpaired) electrons. The van der Waals surface area contributed by atoms with E-state index in [0.29, 0.717) is 3.74 Å². The van der Waals surface area contributed by atoms with E-state index in [4.69, 9.17) is 0 Å². The molecule has 1 aromatic rings. The molecule has 0 amide bonds. The molecule has 0 bridgehead atoms. The Bertz CT molecular complexity index is 226. The summed E-state index contributed by atoms with van der Waals surface area (Å²) in [5.41, 5.74) is 2.77. The monoisotopic (exact) mass is 290 g/mol. The number of hydrogen-bond donors (Lipinski definition) is 0. The second kappa shape index (κ2) is 5.03. The first-order chi connectivity index (χ1) is 5.72. The largest absolute Gasteiger partial charge is 0.0761 e. The molecule has 0 saturated carbocycles. The fourth-order valence-corrected chi connectivity index (χ4v) is 1.84. The number of halogens is 2. The van der Waals surface area contributed by atoms with Crippen LogP contribution in [0.15, 0.2) is 24.3 Å². The van der Waals surface area contributed by atoms with E-state index in [1.54, 1.807) is 0 Å². The molecule has 0 fully saturated rings. The Hall–Kier alpha value is 0.180. The SMILES string of the molecule is CCc1ccc(CC(Br)Br)cc1. The zero-order chi connectivity index (χ0) is 8.97. The fourth-order valence-electron chi connectivity index (χ4n) is 1.09. The summed E-state index contributed by atoms with van der Waals surface area (Å²) in [6.07, 6.45) is 2.15. The van der Waals surface area contributed by atoms with Crippen LogP contribution in [0.5, 0.6) is 0 Å². The van der Waals surface area contributed by atoms with Gasteiger partial charge in [0.2, 0.25) is 0 Å². The van der Waals surface area contributed by atoms with Crippen molar-refractivity contribution in [2.24, 2.45) is 0 Å². The lowest BCUT2D eigenvalue weighted by Gasteiger charge is -2.02. The smallest absolute Gasteiger partial charge is 0.0738 e. The van der Waals surface area contributed by atoms with Crippen LogP contribution in [-0.2, 0) is 12.8 Å². The van der Waals surface area contributed by atoms with Gasteiger partial charge in [0, 0.05) is 0 Å². The van der Waals surface area contributed by atoms with Crippen LogP contribution < -0.4 is 0 Å². The van der Waals surface area contributed by atoms with Crippen LogP contribution in [0.25, 0.3) is 0 Å². The van der Waals surface area contributed by atoms with Crippen LogP contribution in [0.3, 0.4) is 0 Å². The lowest BCUT2D eigenvalue weighted by molar-refractivity contribution is 1.10. The van der Waals surface area contributed by atoms with Crippen molar-refractivity contribution in [3.8, 4) is 0 Å². The van der Waals surface area contributed by atoms with Gasteiger partial charge in [-0.05, 0) is 24.0 Å². The van der Waals surface area contributed by atoms with E-state index in [0.717, 1.165) is 12.8 Å². The standard InChI is InChI=1S/C10H12Br2/c1-2-8-3-5-9(6-4-8)7-10(11)12/h3-6,10H,2,7H2,1H3. The summed E-state index contributed by atoms with van der Waals surface area (Å²) in [7, 11) is 0. The maximum absolute atomic E-state index is 3.46. The molecule has 0 aliphatic rings. The van der Waals surface area contributed by atoms with Crippen LogP contribution in [0.2, 0.25) is 0 Å². The number of hydrogen-bond acceptors (Lipinski definition) is 0. The molecule has 0 aliphatic heterocycles. The van der Waals surface area contributed by atoms with E-state index in [2.05, 4.69) is 63.0 Å². The minimum absolute atomic E-state index is 0.387. The minimum Gasteiger partial charge on any atom is -0.0761 e. The first-order valence-electron chi connectivity index (χ1n) is 4.08. The van der Waals surface area contributed by atoms with Crippen molar-refractivity contribution in [3.63, 3.8) is 0 Å². The highest BCUT2D eigenvalue weighted by Gasteiger charge is 1.99. The molecule has 0 nitrogen and oxygen atoms in total. The average Bonchev–Trinajstić information content (AvgIpc) is 2.05. The van der Waals surface area contributed by atoms with Gasteiger partial charge in [0.25, 0.3) is 0 Å². The Labute approximate surface area is 90.6 Å². The van der Waals surface area contributed by atoms with E-state index in [1.807, 2.05) is 0 Å². The van der Waals surface area contributed by atoms with E-state index in [9.17, 15) is 0 Å². The Morgan fingerprint density at radius 2 is 1.58 bits per heavy atom. The third-order valence-electron chi connectivity index (χ3n) is 1.82. The van der Waals surface area contributed by atoms with Crippen LogP contribution >= 0.6 is 31.9 Å². The predicted molar refractivity (Wildman–Crippen MR) is 61.2 cm³/mol. The molecule has 0 unspecified atom stereocenters. The van der Waals surface area contributed by atoms with Crippen LogP contribution in [-0.4, -0.2) is 3.74 Å². The van der Waals surface area contributed by atoms with Gasteiger partial charge in [-0.3, -0.25) is 0 Å². The Kier molecular flexibility index (Phi) is 4.30. The Morgan fingerprint density at radius 3 is 2.00 bits per heavy atom. The van der Waals surface area contributed by atoms with Crippen molar-refractivity contribution in [2.45, 2.75) is 23.5 Å². The molecule has 12 heavy (non-hydrogen) atoms. The number of benzene rings is 1. The summed E-state index contributed by atoms with van der Waals surface area (Å²) < 4.78 is 0.387. The van der Waals surface area contributed by atoms with Crippen LogP contribution in [0.4, 0.5) is 0 Å². The zero-order valence-corrected chi connectivity index (χ0v) is 10.2. The molecule has 0 aromatic heterocycles. The lowest BCUT2D eigenvalue weighted by atomic mass is 10.1. The summed E-state index contributed by atoms with van der Waals surface area (Å²) in [4.78, 5) is 0. The van der Waals surface area contributed by atoms with Crippen molar-refractivity contribution in [1.82, 2.24) is 0 Å². The van der Waals surface area contributed by atoms with Crippen molar-refractivity contribution in [1.29, 1.82) is 0 Å². The van der Waals surface area contributed by atoms with Crippen LogP contribution in [0, 0.1) is 0 Å². The third-order valence-corrected chi connectivity index (χ3v) is 2.47. The van der Waals surface area contributed by atoms with Crippen molar-refractivity contribution < 1.29 is 0 Å². The van der Waals surface area contributed by atoms with E-state index in [-0.39, 0.29) is 0 Å². The summed E-state index contributed by atoms with van der Waals surface area (Å²) >= 11 is 6.93. The zero-order valence-electron chi connectivity index (χ0n) is 7.06. The van der Waals surface area contributed by atoms with Gasteiger partial charge in [-0.2, -0.15) is 0 Å². The normalized spacial score (nSPS) is 10.7. The molecule has 0 aliphatic carbocycles. The second-order valence-corrected chi connectivity index (χ2v) is 6.20. The van der Waals surface area contributed by atoms with Gasteiger partial charge in [-0.25, -0.2) is 0 Å². The van der Waals surface area contributed by atoms with Gasteiger partial charge in [-0.1, -0.05) is 63.0 Å². The van der Waals surface area contributed by atoms with E-state index >= 15 is 0 Å². The lowest BCUT2D eigenvalue weighted by Crippen LogP contribution is -1.92. The first-order valence-corrected chi connectivity index (χ1v) is 5.91. The van der Waals surface area contributed by atoms with Crippen molar-refractivity contribution in [2.75, 3.05) is 0 Å².